The van der Waals surface area contributed by atoms with Crippen LogP contribution < -0.4 is 10.0 Å². The first-order chi connectivity index (χ1) is 21.1. The molecule has 45 heavy (non-hydrogen) atoms. The van der Waals surface area contributed by atoms with Gasteiger partial charge in [-0.1, -0.05) is 24.3 Å². The Labute approximate surface area is 263 Å². The van der Waals surface area contributed by atoms with Crippen LogP contribution in [0.5, 0.6) is 0 Å². The highest BCUT2D eigenvalue weighted by atomic mass is 32.2. The normalized spacial score (nSPS) is 18.1. The average molecular weight is 637 g/mol. The number of aliphatic hydroxyl groups excluding tert-OH is 1. The van der Waals surface area contributed by atoms with Crippen molar-refractivity contribution in [2.45, 2.75) is 76.0 Å². The molecule has 2 aromatic carbocycles. The van der Waals surface area contributed by atoms with Gasteiger partial charge in [-0.3, -0.25) is 0 Å². The summed E-state index contributed by atoms with van der Waals surface area (Å²) in [6.07, 6.45) is 0.779. The number of fused-ring (bicyclic) bond motifs is 1. The number of aliphatic hydroxyl groups is 1. The summed E-state index contributed by atoms with van der Waals surface area (Å²) < 4.78 is 35.5. The van der Waals surface area contributed by atoms with Crippen molar-refractivity contribution in [1.29, 1.82) is 0 Å². The number of hydrogen-bond acceptors (Lipinski definition) is 10. The molecule has 2 unspecified atom stereocenters. The zero-order chi connectivity index (χ0) is 32.6. The molecule has 13 heteroatoms. The molecular formula is C32H40N6O6S. The lowest BCUT2D eigenvalue weighted by molar-refractivity contribution is -0.170. The molecule has 3 N–H and O–H groups in total. The highest BCUT2D eigenvalue weighted by molar-refractivity contribution is 7.89. The topological polar surface area (TPSA) is 147 Å². The lowest BCUT2D eigenvalue weighted by Crippen LogP contribution is -2.44. The zero-order valence-electron chi connectivity index (χ0n) is 26.3. The van der Waals surface area contributed by atoms with E-state index in [0.29, 0.717) is 24.5 Å². The molecule has 12 nitrogen and oxygen atoms in total. The number of rotatable bonds is 7. The lowest BCUT2D eigenvalue weighted by atomic mass is 9.87. The van der Waals surface area contributed by atoms with Gasteiger partial charge in [0.2, 0.25) is 16.0 Å². The van der Waals surface area contributed by atoms with E-state index in [4.69, 9.17) is 9.57 Å². The molecule has 2 aromatic heterocycles. The Morgan fingerprint density at radius 1 is 1.02 bits per heavy atom. The maximum atomic E-state index is 12.9. The number of aromatic nitrogens is 3. The lowest BCUT2D eigenvalue weighted by Gasteiger charge is -2.35. The van der Waals surface area contributed by atoms with Crippen LogP contribution >= 0.6 is 0 Å². The summed E-state index contributed by atoms with van der Waals surface area (Å²) in [5.74, 6) is 0.240. The van der Waals surface area contributed by atoms with E-state index in [1.54, 1.807) is 70.5 Å². The molecule has 2 atom stereocenters. The number of β-amino-alcohol motifs (C(OH)–C–C–N with tert-alkyl or cyclic N) is 1. The van der Waals surface area contributed by atoms with Gasteiger partial charge < -0.3 is 20.0 Å². The molecule has 5 rings (SSSR count). The van der Waals surface area contributed by atoms with E-state index in [-0.39, 0.29) is 17.4 Å². The van der Waals surface area contributed by atoms with E-state index in [9.17, 15) is 18.3 Å². The monoisotopic (exact) mass is 636 g/mol. The minimum atomic E-state index is -3.71. The summed E-state index contributed by atoms with van der Waals surface area (Å²) in [5, 5.41) is 20.1. The van der Waals surface area contributed by atoms with E-state index < -0.39 is 33.4 Å². The molecule has 1 aliphatic rings. The Kier molecular flexibility index (Phi) is 8.91. The maximum Gasteiger partial charge on any atom is 0.528 e. The Balaban J connectivity index is 1.27. The first-order valence-electron chi connectivity index (χ1n) is 14.8. The Hall–Kier alpha value is -4.04. The SMILES string of the molecule is CC(C)(C)NS(=O)(=O)c1cccc(-c2ccc3cnc(Nc4ccc(C5CCN(OC(=O)OC(C)(C)C)CC5O)cc4)nn23)c1. The number of benzene rings is 2. The van der Waals surface area contributed by atoms with Gasteiger partial charge in [-0.25, -0.2) is 27.4 Å². The van der Waals surface area contributed by atoms with Crippen molar-refractivity contribution in [3.63, 3.8) is 0 Å². The van der Waals surface area contributed by atoms with E-state index in [1.165, 1.54) is 5.06 Å². The summed E-state index contributed by atoms with van der Waals surface area (Å²) in [5.41, 5.74) is 2.61. The second-order valence-electron chi connectivity index (χ2n) is 13.2. The Bertz CT molecular complexity index is 1780. The zero-order valence-corrected chi connectivity index (χ0v) is 27.1. The van der Waals surface area contributed by atoms with Gasteiger partial charge in [-0.05, 0) is 89.9 Å². The van der Waals surface area contributed by atoms with Crippen molar-refractivity contribution >= 4 is 33.3 Å². The highest BCUT2D eigenvalue weighted by Crippen LogP contribution is 2.30. The summed E-state index contributed by atoms with van der Waals surface area (Å²) in [7, 11) is -3.71. The number of piperidine rings is 1. The Morgan fingerprint density at radius 3 is 2.42 bits per heavy atom. The van der Waals surface area contributed by atoms with Crippen molar-refractivity contribution in [3.05, 3.63) is 72.4 Å². The summed E-state index contributed by atoms with van der Waals surface area (Å²) in [6, 6.07) is 18.2. The predicted octanol–water partition coefficient (Wildman–Crippen LogP) is 5.23. The number of carbonyl (C=O) groups is 1. The van der Waals surface area contributed by atoms with Gasteiger partial charge in [0.1, 0.15) is 5.60 Å². The molecule has 1 saturated heterocycles. The number of sulfonamides is 1. The average Bonchev–Trinajstić information content (AvgIpc) is 3.35. The second-order valence-corrected chi connectivity index (χ2v) is 14.9. The fourth-order valence-electron chi connectivity index (χ4n) is 5.15. The van der Waals surface area contributed by atoms with Crippen molar-refractivity contribution in [1.82, 2.24) is 24.4 Å². The highest BCUT2D eigenvalue weighted by Gasteiger charge is 2.32. The number of ether oxygens (including phenoxy) is 1. The van der Waals surface area contributed by atoms with Gasteiger partial charge in [0.25, 0.3) is 0 Å². The van der Waals surface area contributed by atoms with Crippen molar-refractivity contribution in [2.75, 3.05) is 18.4 Å². The van der Waals surface area contributed by atoms with Gasteiger partial charge in [0.05, 0.1) is 35.0 Å². The molecule has 3 heterocycles. The quantitative estimate of drug-likeness (QED) is 0.230. The van der Waals surface area contributed by atoms with Crippen LogP contribution in [0.15, 0.2) is 71.8 Å². The summed E-state index contributed by atoms with van der Waals surface area (Å²) >= 11 is 0. The van der Waals surface area contributed by atoms with Gasteiger partial charge in [0, 0.05) is 29.3 Å². The van der Waals surface area contributed by atoms with Crippen LogP contribution in [-0.4, -0.2) is 69.7 Å². The third kappa shape index (κ3) is 8.17. The smallest absolute Gasteiger partial charge is 0.427 e. The van der Waals surface area contributed by atoms with Crippen LogP contribution in [0, 0.1) is 0 Å². The van der Waals surface area contributed by atoms with Gasteiger partial charge in [0.15, 0.2) is 0 Å². The van der Waals surface area contributed by atoms with Crippen LogP contribution in [0.1, 0.15) is 59.4 Å². The van der Waals surface area contributed by atoms with E-state index in [2.05, 4.69) is 20.1 Å². The van der Waals surface area contributed by atoms with Gasteiger partial charge in [-0.15, -0.1) is 10.2 Å². The second kappa shape index (κ2) is 12.4. The number of anilines is 2. The third-order valence-corrected chi connectivity index (χ3v) is 8.77. The van der Waals surface area contributed by atoms with Gasteiger partial charge in [-0.2, -0.15) is 0 Å². The van der Waals surface area contributed by atoms with Crippen molar-refractivity contribution < 1.29 is 27.9 Å². The number of nitrogens with one attached hydrogen (secondary N) is 2. The summed E-state index contributed by atoms with van der Waals surface area (Å²) in [4.78, 5) is 21.9. The Morgan fingerprint density at radius 2 is 1.76 bits per heavy atom. The van der Waals surface area contributed by atoms with Crippen LogP contribution in [0.2, 0.25) is 0 Å². The molecule has 240 valence electrons. The van der Waals surface area contributed by atoms with Crippen molar-refractivity contribution in [3.8, 4) is 11.3 Å². The molecular weight excluding hydrogens is 596 g/mol. The molecule has 0 saturated carbocycles. The minimum absolute atomic E-state index is 0.120. The molecule has 4 aromatic rings. The molecule has 0 bridgehead atoms. The van der Waals surface area contributed by atoms with E-state index >= 15 is 0 Å². The molecule has 1 aliphatic heterocycles. The number of hydroxylamine groups is 2. The standard InChI is InChI=1S/C32H40N6O6S/c1-31(2,3)36-45(41,42)25-9-7-8-22(18-25)27-15-14-24-19-33-29(35-38(24)27)34-23-12-10-21(11-13-23)26-16-17-37(20-28(26)39)44-30(40)43-32(4,5)6/h7-15,18-19,26,28,36,39H,16-17,20H2,1-6H3,(H,34,35). The van der Waals surface area contributed by atoms with Crippen LogP contribution in [-0.2, 0) is 19.6 Å². The van der Waals surface area contributed by atoms with Crippen LogP contribution in [0.4, 0.5) is 16.4 Å². The van der Waals surface area contributed by atoms with Gasteiger partial charge >= 0.3 is 6.16 Å². The fourth-order valence-corrected chi connectivity index (χ4v) is 6.62. The molecule has 0 aliphatic carbocycles. The van der Waals surface area contributed by atoms with Crippen molar-refractivity contribution in [2.24, 2.45) is 0 Å². The largest absolute Gasteiger partial charge is 0.528 e. The maximum absolute atomic E-state index is 12.9. The summed E-state index contributed by atoms with van der Waals surface area (Å²) in [6.45, 7) is 11.3. The number of carbonyl (C=O) groups excluding carboxylic acids is 1. The fraction of sp³-hybridized carbons (Fsp3) is 0.406. The molecule has 1 fully saturated rings. The first-order valence-corrected chi connectivity index (χ1v) is 16.2. The van der Waals surface area contributed by atoms with E-state index in [0.717, 1.165) is 22.5 Å². The molecule has 0 spiro atoms. The molecule has 0 radical (unpaired) electrons. The number of nitrogens with zero attached hydrogens (tertiary/aromatic N) is 4. The molecule has 0 amide bonds. The van der Waals surface area contributed by atoms with E-state index in [1.807, 2.05) is 42.5 Å². The third-order valence-electron chi connectivity index (χ3n) is 7.01. The first kappa shape index (κ1) is 32.4. The predicted molar refractivity (Wildman–Crippen MR) is 170 cm³/mol. The minimum Gasteiger partial charge on any atom is -0.427 e. The van der Waals surface area contributed by atoms with Crippen LogP contribution in [0.3, 0.4) is 0 Å². The number of hydrogen-bond donors (Lipinski definition) is 3. The van der Waals surface area contributed by atoms with Crippen LogP contribution in [0.25, 0.3) is 16.8 Å².